The summed E-state index contributed by atoms with van der Waals surface area (Å²) < 4.78 is 18.6. The van der Waals surface area contributed by atoms with E-state index in [1.807, 2.05) is 7.05 Å². The van der Waals surface area contributed by atoms with Gasteiger partial charge in [-0.1, -0.05) is 17.7 Å². The van der Waals surface area contributed by atoms with Crippen LogP contribution in [-0.4, -0.2) is 19.8 Å². The standard InChI is InChI=1S/C13H17ClFNO/c1-16-13(8-10-3-2-6-17-10)11-5-4-9(15)7-12(11)14/h4-5,7,10,13,16H,2-3,6,8H2,1H3. The van der Waals surface area contributed by atoms with Crippen molar-refractivity contribution in [3.63, 3.8) is 0 Å². The Morgan fingerprint density at radius 3 is 3.00 bits per heavy atom. The Balaban J connectivity index is 2.10. The first-order valence-corrected chi connectivity index (χ1v) is 6.32. The zero-order valence-corrected chi connectivity index (χ0v) is 10.6. The first kappa shape index (κ1) is 12.8. The van der Waals surface area contributed by atoms with Crippen LogP contribution in [0.5, 0.6) is 0 Å². The molecule has 1 aliphatic rings. The zero-order chi connectivity index (χ0) is 12.3. The zero-order valence-electron chi connectivity index (χ0n) is 9.88. The number of halogens is 2. The molecule has 2 nitrogen and oxygen atoms in total. The molecule has 1 fully saturated rings. The molecule has 0 bridgehead atoms. The highest BCUT2D eigenvalue weighted by molar-refractivity contribution is 6.31. The third-order valence-corrected chi connectivity index (χ3v) is 3.54. The van der Waals surface area contributed by atoms with E-state index < -0.39 is 0 Å². The summed E-state index contributed by atoms with van der Waals surface area (Å²) in [7, 11) is 1.89. The average Bonchev–Trinajstić information content (AvgIpc) is 2.79. The van der Waals surface area contributed by atoms with Gasteiger partial charge in [-0.2, -0.15) is 0 Å². The smallest absolute Gasteiger partial charge is 0.124 e. The molecule has 0 saturated carbocycles. The molecule has 2 unspecified atom stereocenters. The van der Waals surface area contributed by atoms with Gasteiger partial charge in [0.15, 0.2) is 0 Å². The molecule has 2 rings (SSSR count). The van der Waals surface area contributed by atoms with Gasteiger partial charge in [0.2, 0.25) is 0 Å². The number of nitrogens with one attached hydrogen (secondary N) is 1. The minimum Gasteiger partial charge on any atom is -0.378 e. The van der Waals surface area contributed by atoms with Gasteiger partial charge in [-0.15, -0.1) is 0 Å². The van der Waals surface area contributed by atoms with Crippen LogP contribution in [0.2, 0.25) is 5.02 Å². The van der Waals surface area contributed by atoms with Gasteiger partial charge in [-0.05, 0) is 44.0 Å². The molecule has 1 saturated heterocycles. The van der Waals surface area contributed by atoms with Crippen LogP contribution in [0, 0.1) is 5.82 Å². The molecule has 0 amide bonds. The normalized spacial score (nSPS) is 21.7. The van der Waals surface area contributed by atoms with Gasteiger partial charge in [-0.3, -0.25) is 0 Å². The SMILES string of the molecule is CNC(CC1CCCO1)c1ccc(F)cc1Cl. The van der Waals surface area contributed by atoms with Crippen molar-refractivity contribution in [2.45, 2.75) is 31.4 Å². The monoisotopic (exact) mass is 257 g/mol. The Morgan fingerprint density at radius 1 is 1.59 bits per heavy atom. The van der Waals surface area contributed by atoms with Crippen molar-refractivity contribution in [1.82, 2.24) is 5.32 Å². The molecule has 1 aromatic carbocycles. The van der Waals surface area contributed by atoms with Gasteiger partial charge < -0.3 is 10.1 Å². The molecule has 1 aliphatic heterocycles. The molecule has 0 spiro atoms. The van der Waals surface area contributed by atoms with E-state index in [2.05, 4.69) is 5.32 Å². The highest BCUT2D eigenvalue weighted by Crippen LogP contribution is 2.29. The van der Waals surface area contributed by atoms with E-state index >= 15 is 0 Å². The third kappa shape index (κ3) is 3.18. The lowest BCUT2D eigenvalue weighted by atomic mass is 9.99. The Labute approximate surface area is 106 Å². The number of hydrogen-bond donors (Lipinski definition) is 1. The summed E-state index contributed by atoms with van der Waals surface area (Å²) in [6.45, 7) is 0.845. The Kier molecular flexibility index (Phi) is 4.37. The molecule has 94 valence electrons. The summed E-state index contributed by atoms with van der Waals surface area (Å²) in [5.41, 5.74) is 0.936. The summed E-state index contributed by atoms with van der Waals surface area (Å²) in [5.74, 6) is -0.300. The predicted octanol–water partition coefficient (Wildman–Crippen LogP) is 3.31. The first-order chi connectivity index (χ1) is 8.20. The van der Waals surface area contributed by atoms with E-state index in [-0.39, 0.29) is 18.0 Å². The second-order valence-electron chi connectivity index (χ2n) is 4.38. The predicted molar refractivity (Wildman–Crippen MR) is 66.8 cm³/mol. The van der Waals surface area contributed by atoms with Gasteiger partial charge in [0.1, 0.15) is 5.82 Å². The van der Waals surface area contributed by atoms with E-state index in [0.29, 0.717) is 5.02 Å². The molecule has 1 N–H and O–H groups in total. The molecule has 1 aromatic rings. The maximum atomic E-state index is 13.0. The number of benzene rings is 1. The molecule has 0 aromatic heterocycles. The van der Waals surface area contributed by atoms with Crippen molar-refractivity contribution in [1.29, 1.82) is 0 Å². The van der Waals surface area contributed by atoms with E-state index in [1.165, 1.54) is 12.1 Å². The molecular weight excluding hydrogens is 241 g/mol. The highest BCUT2D eigenvalue weighted by Gasteiger charge is 2.22. The van der Waals surface area contributed by atoms with Crippen LogP contribution in [0.1, 0.15) is 30.9 Å². The van der Waals surface area contributed by atoms with Crippen molar-refractivity contribution in [3.8, 4) is 0 Å². The van der Waals surface area contributed by atoms with Crippen molar-refractivity contribution >= 4 is 11.6 Å². The highest BCUT2D eigenvalue weighted by atomic mass is 35.5. The largest absolute Gasteiger partial charge is 0.378 e. The second kappa shape index (κ2) is 5.80. The molecule has 0 radical (unpaired) electrons. The second-order valence-corrected chi connectivity index (χ2v) is 4.79. The van der Waals surface area contributed by atoms with Crippen LogP contribution < -0.4 is 5.32 Å². The van der Waals surface area contributed by atoms with Crippen LogP contribution in [-0.2, 0) is 4.74 Å². The Bertz CT molecular complexity index is 380. The quantitative estimate of drug-likeness (QED) is 0.894. The molecule has 17 heavy (non-hydrogen) atoms. The van der Waals surface area contributed by atoms with Crippen LogP contribution in [0.15, 0.2) is 18.2 Å². The van der Waals surface area contributed by atoms with Crippen molar-refractivity contribution < 1.29 is 9.13 Å². The summed E-state index contributed by atoms with van der Waals surface area (Å²) >= 11 is 6.07. The van der Waals surface area contributed by atoms with Gasteiger partial charge in [-0.25, -0.2) is 4.39 Å². The average molecular weight is 258 g/mol. The van der Waals surface area contributed by atoms with Crippen molar-refractivity contribution in [2.24, 2.45) is 0 Å². The summed E-state index contributed by atoms with van der Waals surface area (Å²) in [6, 6.07) is 4.66. The van der Waals surface area contributed by atoms with Gasteiger partial charge >= 0.3 is 0 Å². The number of ether oxygens (including phenoxy) is 1. The van der Waals surface area contributed by atoms with E-state index in [1.54, 1.807) is 6.07 Å². The third-order valence-electron chi connectivity index (χ3n) is 3.21. The van der Waals surface area contributed by atoms with Crippen LogP contribution >= 0.6 is 11.6 Å². The Hall–Kier alpha value is -0.640. The van der Waals surface area contributed by atoms with Crippen molar-refractivity contribution in [3.05, 3.63) is 34.6 Å². The lowest BCUT2D eigenvalue weighted by molar-refractivity contribution is 0.0954. The van der Waals surface area contributed by atoms with Gasteiger partial charge in [0, 0.05) is 17.7 Å². The van der Waals surface area contributed by atoms with Crippen LogP contribution in [0.25, 0.3) is 0 Å². The molecule has 4 heteroatoms. The molecular formula is C13H17ClFNO. The topological polar surface area (TPSA) is 21.3 Å². The van der Waals surface area contributed by atoms with E-state index in [0.717, 1.165) is 31.4 Å². The molecule has 1 heterocycles. The van der Waals surface area contributed by atoms with E-state index in [9.17, 15) is 4.39 Å². The van der Waals surface area contributed by atoms with Crippen molar-refractivity contribution in [2.75, 3.05) is 13.7 Å². The molecule has 2 atom stereocenters. The maximum Gasteiger partial charge on any atom is 0.124 e. The number of hydrogen-bond acceptors (Lipinski definition) is 2. The fraction of sp³-hybridized carbons (Fsp3) is 0.538. The number of rotatable bonds is 4. The van der Waals surface area contributed by atoms with Crippen LogP contribution in [0.4, 0.5) is 4.39 Å². The lowest BCUT2D eigenvalue weighted by Crippen LogP contribution is -2.22. The Morgan fingerprint density at radius 2 is 2.41 bits per heavy atom. The fourth-order valence-electron chi connectivity index (χ4n) is 2.28. The van der Waals surface area contributed by atoms with Crippen LogP contribution in [0.3, 0.4) is 0 Å². The van der Waals surface area contributed by atoms with Gasteiger partial charge in [0.25, 0.3) is 0 Å². The maximum absolute atomic E-state index is 13.0. The molecule has 0 aliphatic carbocycles. The fourth-order valence-corrected chi connectivity index (χ4v) is 2.58. The summed E-state index contributed by atoms with van der Waals surface area (Å²) in [4.78, 5) is 0. The summed E-state index contributed by atoms with van der Waals surface area (Å²) in [5, 5.41) is 3.69. The lowest BCUT2D eigenvalue weighted by Gasteiger charge is -2.21. The minimum atomic E-state index is -0.300. The first-order valence-electron chi connectivity index (χ1n) is 5.94. The van der Waals surface area contributed by atoms with Gasteiger partial charge in [0.05, 0.1) is 6.10 Å². The summed E-state index contributed by atoms with van der Waals surface area (Å²) in [6.07, 6.45) is 3.38. The van der Waals surface area contributed by atoms with E-state index in [4.69, 9.17) is 16.3 Å². The minimum absolute atomic E-state index is 0.117.